The van der Waals surface area contributed by atoms with Crippen molar-refractivity contribution >= 4 is 17.1 Å². The van der Waals surface area contributed by atoms with E-state index in [9.17, 15) is 8.78 Å². The van der Waals surface area contributed by atoms with Crippen LogP contribution in [0.5, 0.6) is 0 Å². The summed E-state index contributed by atoms with van der Waals surface area (Å²) in [5, 5.41) is 2.84. The molecule has 2 nitrogen and oxygen atoms in total. The Morgan fingerprint density at radius 2 is 1.72 bits per heavy atom. The highest BCUT2D eigenvalue weighted by atomic mass is 19.1. The number of halogens is 2. The van der Waals surface area contributed by atoms with E-state index < -0.39 is 11.6 Å². The van der Waals surface area contributed by atoms with Gasteiger partial charge in [-0.05, 0) is 24.3 Å². The van der Waals surface area contributed by atoms with Gasteiger partial charge in [0.05, 0.1) is 11.3 Å². The van der Waals surface area contributed by atoms with Gasteiger partial charge in [0.15, 0.2) is 5.82 Å². The van der Waals surface area contributed by atoms with E-state index in [1.165, 1.54) is 6.07 Å². The molecule has 0 heterocycles. The lowest BCUT2D eigenvalue weighted by Gasteiger charge is -2.12. The number of rotatable bonds is 3. The fourth-order valence-corrected chi connectivity index (χ4v) is 1.60. The molecule has 0 saturated carbocycles. The predicted octanol–water partition coefficient (Wildman–Crippen LogP) is 3.63. The van der Waals surface area contributed by atoms with E-state index in [0.717, 1.165) is 6.07 Å². The third-order valence-corrected chi connectivity index (χ3v) is 2.49. The molecule has 0 spiro atoms. The fourth-order valence-electron chi connectivity index (χ4n) is 1.60. The summed E-state index contributed by atoms with van der Waals surface area (Å²) >= 11 is 0. The highest BCUT2D eigenvalue weighted by Crippen LogP contribution is 2.25. The molecule has 0 saturated heterocycles. The maximum absolute atomic E-state index is 13.7. The predicted molar refractivity (Wildman–Crippen MR) is 69.9 cm³/mol. The van der Waals surface area contributed by atoms with Crippen molar-refractivity contribution in [1.29, 1.82) is 0 Å². The van der Waals surface area contributed by atoms with E-state index in [0.29, 0.717) is 5.69 Å². The summed E-state index contributed by atoms with van der Waals surface area (Å²) < 4.78 is 27.3. The van der Waals surface area contributed by atoms with Gasteiger partial charge < -0.3 is 11.1 Å². The van der Waals surface area contributed by atoms with Gasteiger partial charge in [-0.1, -0.05) is 24.8 Å². The number of para-hydroxylation sites is 1. The van der Waals surface area contributed by atoms with Gasteiger partial charge in [0.25, 0.3) is 0 Å². The SMILES string of the molecule is C=C(Nc1ccccc1)c1c(F)ccc(N)c1F. The zero-order valence-corrected chi connectivity index (χ0v) is 9.58. The first-order valence-corrected chi connectivity index (χ1v) is 5.34. The topological polar surface area (TPSA) is 38.0 Å². The number of anilines is 2. The van der Waals surface area contributed by atoms with E-state index >= 15 is 0 Å². The molecule has 0 aliphatic heterocycles. The number of benzene rings is 2. The van der Waals surface area contributed by atoms with Crippen molar-refractivity contribution < 1.29 is 8.78 Å². The number of hydrogen-bond acceptors (Lipinski definition) is 2. The maximum atomic E-state index is 13.7. The minimum absolute atomic E-state index is 0.109. The van der Waals surface area contributed by atoms with Gasteiger partial charge in [0.2, 0.25) is 0 Å². The van der Waals surface area contributed by atoms with E-state index in [1.807, 2.05) is 18.2 Å². The van der Waals surface area contributed by atoms with E-state index in [-0.39, 0.29) is 16.9 Å². The smallest absolute Gasteiger partial charge is 0.158 e. The Labute approximate surface area is 104 Å². The van der Waals surface area contributed by atoms with E-state index in [4.69, 9.17) is 5.73 Å². The van der Waals surface area contributed by atoms with Crippen LogP contribution in [0.4, 0.5) is 20.2 Å². The summed E-state index contributed by atoms with van der Waals surface area (Å²) in [5.41, 5.74) is 5.89. The molecule has 0 amide bonds. The first kappa shape index (κ1) is 12.1. The highest BCUT2D eigenvalue weighted by molar-refractivity contribution is 5.77. The molecule has 0 aliphatic rings. The molecule has 2 aromatic carbocycles. The standard InChI is InChI=1S/C14H12F2N2/c1-9(18-10-5-3-2-4-6-10)13-11(15)7-8-12(17)14(13)16/h2-8,18H,1,17H2. The molecule has 0 unspecified atom stereocenters. The first-order chi connectivity index (χ1) is 8.59. The lowest BCUT2D eigenvalue weighted by Crippen LogP contribution is -2.05. The fraction of sp³-hybridized carbons (Fsp3) is 0. The molecule has 2 aromatic rings. The molecule has 3 N–H and O–H groups in total. The molecule has 18 heavy (non-hydrogen) atoms. The van der Waals surface area contributed by atoms with Crippen molar-refractivity contribution in [2.24, 2.45) is 0 Å². The number of nitrogens with one attached hydrogen (secondary N) is 1. The molecule has 0 aliphatic carbocycles. The summed E-state index contributed by atoms with van der Waals surface area (Å²) in [7, 11) is 0. The zero-order chi connectivity index (χ0) is 13.1. The molecular weight excluding hydrogens is 234 g/mol. The van der Waals surface area contributed by atoms with Crippen molar-refractivity contribution in [2.45, 2.75) is 0 Å². The summed E-state index contributed by atoms with van der Waals surface area (Å²) in [6, 6.07) is 11.3. The Bertz CT molecular complexity index is 580. The summed E-state index contributed by atoms with van der Waals surface area (Å²) in [6.45, 7) is 3.64. The van der Waals surface area contributed by atoms with Crippen LogP contribution in [0.3, 0.4) is 0 Å². The van der Waals surface area contributed by atoms with Crippen LogP contribution in [-0.2, 0) is 0 Å². The van der Waals surface area contributed by atoms with Crippen molar-refractivity contribution in [3.05, 3.63) is 66.2 Å². The molecule has 0 fully saturated rings. The molecule has 0 aromatic heterocycles. The number of nitrogen functional groups attached to an aromatic ring is 1. The van der Waals surface area contributed by atoms with Gasteiger partial charge in [0, 0.05) is 11.4 Å². The quantitative estimate of drug-likeness (QED) is 0.811. The maximum Gasteiger partial charge on any atom is 0.158 e. The van der Waals surface area contributed by atoms with Crippen LogP contribution < -0.4 is 11.1 Å². The summed E-state index contributed by atoms with van der Waals surface area (Å²) in [4.78, 5) is 0. The second-order valence-corrected chi connectivity index (χ2v) is 3.80. The minimum atomic E-state index is -0.802. The second kappa shape index (κ2) is 4.87. The Kier molecular flexibility index (Phi) is 3.28. The van der Waals surface area contributed by atoms with Gasteiger partial charge in [-0.25, -0.2) is 8.78 Å². The lowest BCUT2D eigenvalue weighted by atomic mass is 10.1. The average molecular weight is 246 g/mol. The average Bonchev–Trinajstić information content (AvgIpc) is 2.36. The first-order valence-electron chi connectivity index (χ1n) is 5.34. The third-order valence-electron chi connectivity index (χ3n) is 2.49. The highest BCUT2D eigenvalue weighted by Gasteiger charge is 2.15. The van der Waals surface area contributed by atoms with Crippen molar-refractivity contribution in [1.82, 2.24) is 0 Å². The molecule has 4 heteroatoms. The van der Waals surface area contributed by atoms with Gasteiger partial charge >= 0.3 is 0 Å². The van der Waals surface area contributed by atoms with Crippen LogP contribution in [0.2, 0.25) is 0 Å². The Hall–Kier alpha value is -2.36. The summed E-state index contributed by atoms with van der Waals surface area (Å²) in [6.07, 6.45) is 0. The Morgan fingerprint density at radius 1 is 1.06 bits per heavy atom. The van der Waals surface area contributed by atoms with E-state index in [1.54, 1.807) is 12.1 Å². The van der Waals surface area contributed by atoms with Crippen LogP contribution in [0.1, 0.15) is 5.56 Å². The molecule has 0 atom stereocenters. The number of hydrogen-bond donors (Lipinski definition) is 2. The normalized spacial score (nSPS) is 10.1. The zero-order valence-electron chi connectivity index (χ0n) is 9.58. The van der Waals surface area contributed by atoms with Crippen LogP contribution in [0, 0.1) is 11.6 Å². The largest absolute Gasteiger partial charge is 0.396 e. The van der Waals surface area contributed by atoms with Crippen LogP contribution in [-0.4, -0.2) is 0 Å². The van der Waals surface area contributed by atoms with Gasteiger partial charge in [-0.15, -0.1) is 0 Å². The van der Waals surface area contributed by atoms with Gasteiger partial charge in [0.1, 0.15) is 5.82 Å². The Morgan fingerprint density at radius 3 is 2.39 bits per heavy atom. The van der Waals surface area contributed by atoms with Crippen molar-refractivity contribution in [3.8, 4) is 0 Å². The van der Waals surface area contributed by atoms with Crippen molar-refractivity contribution in [2.75, 3.05) is 11.1 Å². The third kappa shape index (κ3) is 2.32. The minimum Gasteiger partial charge on any atom is -0.396 e. The van der Waals surface area contributed by atoms with Gasteiger partial charge in [-0.2, -0.15) is 0 Å². The van der Waals surface area contributed by atoms with Crippen LogP contribution in [0.15, 0.2) is 49.0 Å². The van der Waals surface area contributed by atoms with Crippen molar-refractivity contribution in [3.63, 3.8) is 0 Å². The monoisotopic (exact) mass is 246 g/mol. The van der Waals surface area contributed by atoms with Gasteiger partial charge in [-0.3, -0.25) is 0 Å². The molecular formula is C14H12F2N2. The summed E-state index contributed by atoms with van der Waals surface area (Å²) in [5.74, 6) is -1.50. The van der Waals surface area contributed by atoms with Crippen LogP contribution in [0.25, 0.3) is 5.70 Å². The number of nitrogens with two attached hydrogens (primary N) is 1. The molecule has 92 valence electrons. The molecule has 0 radical (unpaired) electrons. The molecule has 0 bridgehead atoms. The molecule has 2 rings (SSSR count). The lowest BCUT2D eigenvalue weighted by molar-refractivity contribution is 0.580. The van der Waals surface area contributed by atoms with E-state index in [2.05, 4.69) is 11.9 Å². The van der Waals surface area contributed by atoms with Crippen LogP contribution >= 0.6 is 0 Å². The Balaban J connectivity index is 2.33. The second-order valence-electron chi connectivity index (χ2n) is 3.80.